The van der Waals surface area contributed by atoms with E-state index in [-0.39, 0.29) is 11.3 Å². The lowest BCUT2D eigenvalue weighted by atomic mass is 9.81. The molecule has 0 bridgehead atoms. The predicted octanol–water partition coefficient (Wildman–Crippen LogP) is 2.51. The number of hydrogen-bond acceptors (Lipinski definition) is 3. The lowest BCUT2D eigenvalue weighted by Gasteiger charge is -2.33. The van der Waals surface area contributed by atoms with E-state index in [0.717, 1.165) is 25.7 Å². The molecule has 3 nitrogen and oxygen atoms in total. The Labute approximate surface area is 109 Å². The van der Waals surface area contributed by atoms with Gasteiger partial charge in [0.1, 0.15) is 0 Å². The first-order valence-corrected chi connectivity index (χ1v) is 8.24. The molecule has 1 aliphatic rings. The molecule has 4 heteroatoms. The summed E-state index contributed by atoms with van der Waals surface area (Å²) in [5, 5.41) is 0. The summed E-state index contributed by atoms with van der Waals surface area (Å²) in [6.07, 6.45) is 5.97. The molecular weight excluding hydrogens is 246 g/mol. The van der Waals surface area contributed by atoms with Gasteiger partial charge < -0.3 is 5.73 Å². The summed E-state index contributed by atoms with van der Waals surface area (Å²) in [6.45, 7) is 0. The molecule has 0 heterocycles. The van der Waals surface area contributed by atoms with Crippen LogP contribution in [-0.4, -0.2) is 19.7 Å². The normalized spacial score (nSPS) is 19.6. The van der Waals surface area contributed by atoms with Crippen LogP contribution < -0.4 is 5.73 Å². The van der Waals surface area contributed by atoms with Gasteiger partial charge in [0.15, 0.2) is 9.84 Å². The van der Waals surface area contributed by atoms with Gasteiger partial charge in [0.25, 0.3) is 0 Å². The lowest BCUT2D eigenvalue weighted by molar-refractivity contribution is 0.288. The lowest BCUT2D eigenvalue weighted by Crippen LogP contribution is -2.43. The van der Waals surface area contributed by atoms with Crippen LogP contribution in [0.5, 0.6) is 0 Å². The van der Waals surface area contributed by atoms with Gasteiger partial charge in [-0.3, -0.25) is 0 Å². The Balaban J connectivity index is 2.01. The molecule has 2 N–H and O–H groups in total. The van der Waals surface area contributed by atoms with Crippen molar-refractivity contribution in [2.45, 2.75) is 49.0 Å². The van der Waals surface area contributed by atoms with Crippen LogP contribution in [0.3, 0.4) is 0 Å². The van der Waals surface area contributed by atoms with Gasteiger partial charge in [-0.1, -0.05) is 37.5 Å². The zero-order chi connectivity index (χ0) is 13.1. The smallest absolute Gasteiger partial charge is 0.178 e. The van der Waals surface area contributed by atoms with Crippen LogP contribution in [0.15, 0.2) is 35.2 Å². The van der Waals surface area contributed by atoms with Crippen LogP contribution in [-0.2, 0) is 9.84 Å². The summed E-state index contributed by atoms with van der Waals surface area (Å²) in [7, 11) is -3.18. The third-order valence-corrected chi connectivity index (χ3v) is 5.55. The number of sulfone groups is 1. The fraction of sp³-hybridized carbons (Fsp3) is 0.571. The molecule has 0 radical (unpaired) electrons. The molecule has 1 aromatic carbocycles. The fourth-order valence-corrected chi connectivity index (χ4v) is 4.07. The summed E-state index contributed by atoms with van der Waals surface area (Å²) in [4.78, 5) is 0.407. The third kappa shape index (κ3) is 3.33. The number of nitrogens with two attached hydrogens (primary N) is 1. The van der Waals surface area contributed by atoms with E-state index in [2.05, 4.69) is 0 Å². The van der Waals surface area contributed by atoms with E-state index in [1.165, 1.54) is 6.42 Å². The Morgan fingerprint density at radius 3 is 2.28 bits per heavy atom. The van der Waals surface area contributed by atoms with E-state index in [0.29, 0.717) is 11.3 Å². The van der Waals surface area contributed by atoms with Crippen molar-refractivity contribution < 1.29 is 8.42 Å². The number of rotatable bonds is 4. The summed E-state index contributed by atoms with van der Waals surface area (Å²) >= 11 is 0. The van der Waals surface area contributed by atoms with Crippen LogP contribution in [0, 0.1) is 0 Å². The second-order valence-corrected chi connectivity index (χ2v) is 7.41. The average molecular weight is 267 g/mol. The molecule has 0 unspecified atom stereocenters. The van der Waals surface area contributed by atoms with Crippen LogP contribution in [0.4, 0.5) is 0 Å². The summed E-state index contributed by atoms with van der Waals surface area (Å²) < 4.78 is 24.3. The zero-order valence-corrected chi connectivity index (χ0v) is 11.5. The van der Waals surface area contributed by atoms with Gasteiger partial charge in [-0.2, -0.15) is 0 Å². The van der Waals surface area contributed by atoms with Crippen LogP contribution in [0.2, 0.25) is 0 Å². The van der Waals surface area contributed by atoms with Gasteiger partial charge >= 0.3 is 0 Å². The van der Waals surface area contributed by atoms with Gasteiger partial charge in [0, 0.05) is 5.54 Å². The highest BCUT2D eigenvalue weighted by molar-refractivity contribution is 7.91. The standard InChI is InChI=1S/C14H21NO2S/c15-14(9-5-2-6-10-14)11-12-18(16,17)13-7-3-1-4-8-13/h1,3-4,7-8H,2,5-6,9-12,15H2. The quantitative estimate of drug-likeness (QED) is 0.912. The van der Waals surface area contributed by atoms with Crippen molar-refractivity contribution in [3.8, 4) is 0 Å². The molecular formula is C14H21NO2S. The second-order valence-electron chi connectivity index (χ2n) is 5.30. The van der Waals surface area contributed by atoms with Crippen LogP contribution in [0.1, 0.15) is 38.5 Å². The van der Waals surface area contributed by atoms with Crippen molar-refractivity contribution in [2.24, 2.45) is 5.73 Å². The van der Waals surface area contributed by atoms with E-state index in [1.54, 1.807) is 24.3 Å². The maximum absolute atomic E-state index is 12.2. The van der Waals surface area contributed by atoms with E-state index in [1.807, 2.05) is 6.07 Å². The molecule has 1 saturated carbocycles. The molecule has 0 saturated heterocycles. The molecule has 0 amide bonds. The van der Waals surface area contributed by atoms with E-state index >= 15 is 0 Å². The Morgan fingerprint density at radius 1 is 1.06 bits per heavy atom. The maximum Gasteiger partial charge on any atom is 0.178 e. The van der Waals surface area contributed by atoms with Crippen LogP contribution in [0.25, 0.3) is 0 Å². The van der Waals surface area contributed by atoms with Crippen molar-refractivity contribution >= 4 is 9.84 Å². The molecule has 0 aromatic heterocycles. The number of hydrogen-bond donors (Lipinski definition) is 1. The van der Waals surface area contributed by atoms with E-state index < -0.39 is 9.84 Å². The first kappa shape index (κ1) is 13.6. The van der Waals surface area contributed by atoms with Crippen molar-refractivity contribution in [1.29, 1.82) is 0 Å². The van der Waals surface area contributed by atoms with Gasteiger partial charge in [0.2, 0.25) is 0 Å². The topological polar surface area (TPSA) is 60.2 Å². The second kappa shape index (κ2) is 5.41. The first-order valence-electron chi connectivity index (χ1n) is 6.59. The Hall–Kier alpha value is -0.870. The van der Waals surface area contributed by atoms with Gasteiger partial charge in [0.05, 0.1) is 10.6 Å². The molecule has 1 fully saturated rings. The van der Waals surface area contributed by atoms with Gasteiger partial charge in [-0.15, -0.1) is 0 Å². The SMILES string of the molecule is NC1(CCS(=O)(=O)c2ccccc2)CCCCC1. The minimum absolute atomic E-state index is 0.160. The van der Waals surface area contributed by atoms with Crippen molar-refractivity contribution in [2.75, 3.05) is 5.75 Å². The molecule has 1 aromatic rings. The molecule has 0 spiro atoms. The summed E-state index contributed by atoms with van der Waals surface area (Å²) in [6, 6.07) is 8.64. The summed E-state index contributed by atoms with van der Waals surface area (Å²) in [5.74, 6) is 0.160. The minimum atomic E-state index is -3.18. The monoisotopic (exact) mass is 267 g/mol. The highest BCUT2D eigenvalue weighted by Gasteiger charge is 2.29. The van der Waals surface area contributed by atoms with Crippen LogP contribution >= 0.6 is 0 Å². The third-order valence-electron chi connectivity index (χ3n) is 3.82. The van der Waals surface area contributed by atoms with E-state index in [9.17, 15) is 8.42 Å². The Morgan fingerprint density at radius 2 is 1.67 bits per heavy atom. The Kier molecular flexibility index (Phi) is 4.07. The van der Waals surface area contributed by atoms with E-state index in [4.69, 9.17) is 5.73 Å². The molecule has 18 heavy (non-hydrogen) atoms. The fourth-order valence-electron chi connectivity index (χ4n) is 2.59. The number of benzene rings is 1. The minimum Gasteiger partial charge on any atom is -0.325 e. The first-order chi connectivity index (χ1) is 8.52. The average Bonchev–Trinajstić information content (AvgIpc) is 2.39. The van der Waals surface area contributed by atoms with Crippen molar-refractivity contribution in [1.82, 2.24) is 0 Å². The van der Waals surface area contributed by atoms with Crippen molar-refractivity contribution in [3.63, 3.8) is 0 Å². The maximum atomic E-state index is 12.2. The molecule has 0 atom stereocenters. The van der Waals surface area contributed by atoms with Gasteiger partial charge in [-0.25, -0.2) is 8.42 Å². The Bertz CT molecular complexity index is 476. The molecule has 1 aliphatic carbocycles. The predicted molar refractivity (Wildman–Crippen MR) is 73.1 cm³/mol. The molecule has 0 aliphatic heterocycles. The van der Waals surface area contributed by atoms with Crippen molar-refractivity contribution in [3.05, 3.63) is 30.3 Å². The highest BCUT2D eigenvalue weighted by Crippen LogP contribution is 2.29. The largest absolute Gasteiger partial charge is 0.325 e. The highest BCUT2D eigenvalue weighted by atomic mass is 32.2. The molecule has 2 rings (SSSR count). The summed E-state index contributed by atoms with van der Waals surface area (Å²) in [5.41, 5.74) is 6.02. The van der Waals surface area contributed by atoms with Gasteiger partial charge in [-0.05, 0) is 31.4 Å². The molecule has 100 valence electrons. The zero-order valence-electron chi connectivity index (χ0n) is 10.6.